The van der Waals surface area contributed by atoms with Crippen LogP contribution in [-0.4, -0.2) is 38.4 Å². The summed E-state index contributed by atoms with van der Waals surface area (Å²) in [5.41, 5.74) is 2.24. The monoisotopic (exact) mass is 370 g/mol. The van der Waals surface area contributed by atoms with Crippen LogP contribution in [-0.2, 0) is 0 Å². The molecule has 27 heavy (non-hydrogen) atoms. The maximum atomic E-state index is 11.9. The van der Waals surface area contributed by atoms with E-state index in [9.17, 15) is 4.79 Å². The highest BCUT2D eigenvalue weighted by atomic mass is 16.6. The minimum Gasteiger partial charge on any atom is -0.493 e. The first kappa shape index (κ1) is 18.9. The molecule has 2 aromatic rings. The zero-order chi connectivity index (χ0) is 19.1. The quantitative estimate of drug-likeness (QED) is 0.735. The zero-order valence-electron chi connectivity index (χ0n) is 15.8. The van der Waals surface area contributed by atoms with E-state index in [1.54, 1.807) is 0 Å². The second-order valence-corrected chi connectivity index (χ2v) is 6.56. The Morgan fingerprint density at radius 1 is 1.07 bits per heavy atom. The Bertz CT molecular complexity index is 758. The van der Waals surface area contributed by atoms with Gasteiger partial charge >= 0.3 is 6.03 Å². The number of aryl methyl sites for hydroxylation is 2. The fourth-order valence-electron chi connectivity index (χ4n) is 2.91. The number of hydrogen-bond acceptors (Lipinski definition) is 4. The van der Waals surface area contributed by atoms with Crippen LogP contribution in [0.5, 0.6) is 17.2 Å². The highest BCUT2D eigenvalue weighted by Crippen LogP contribution is 2.30. The normalized spacial score (nSPS) is 15.1. The Labute approximate surface area is 159 Å². The third-order valence-electron chi connectivity index (χ3n) is 4.32. The van der Waals surface area contributed by atoms with Crippen molar-refractivity contribution in [2.45, 2.75) is 26.4 Å². The van der Waals surface area contributed by atoms with Gasteiger partial charge in [-0.1, -0.05) is 30.3 Å². The van der Waals surface area contributed by atoms with Crippen molar-refractivity contribution in [2.24, 2.45) is 0 Å². The number of nitrogens with one attached hydrogen (secondary N) is 2. The summed E-state index contributed by atoms with van der Waals surface area (Å²) >= 11 is 0. The summed E-state index contributed by atoms with van der Waals surface area (Å²) in [7, 11) is 0. The summed E-state index contributed by atoms with van der Waals surface area (Å²) in [5, 5.41) is 5.64. The maximum Gasteiger partial charge on any atom is 0.314 e. The molecule has 0 aliphatic carbocycles. The van der Waals surface area contributed by atoms with Crippen molar-refractivity contribution < 1.29 is 19.0 Å². The predicted octanol–water partition coefficient (Wildman–Crippen LogP) is 3.21. The number of carbonyl (C=O) groups excluding carboxylic acids is 1. The van der Waals surface area contributed by atoms with E-state index in [4.69, 9.17) is 14.2 Å². The fraction of sp³-hybridized carbons (Fsp3) is 0.381. The van der Waals surface area contributed by atoms with E-state index in [0.29, 0.717) is 32.1 Å². The molecule has 2 aromatic carbocycles. The standard InChI is InChI=1S/C21H26N2O4/c1-15-7-5-8-16(2)20(15)25-12-6-11-22-21(24)23-13-17-14-26-18-9-3-4-10-19(18)27-17/h3-5,7-10,17H,6,11-14H2,1-2H3,(H2,22,23,24). The number of hydrogen-bond donors (Lipinski definition) is 2. The Hall–Kier alpha value is -2.89. The first-order valence-electron chi connectivity index (χ1n) is 9.22. The number of rotatable bonds is 7. The Morgan fingerprint density at radius 2 is 1.81 bits per heavy atom. The van der Waals surface area contributed by atoms with Crippen molar-refractivity contribution in [3.8, 4) is 17.2 Å². The van der Waals surface area contributed by atoms with Gasteiger partial charge in [-0.05, 0) is 43.5 Å². The molecule has 1 unspecified atom stereocenters. The number of amides is 2. The number of benzene rings is 2. The van der Waals surface area contributed by atoms with Crippen LogP contribution in [0.4, 0.5) is 4.79 Å². The van der Waals surface area contributed by atoms with Crippen LogP contribution >= 0.6 is 0 Å². The van der Waals surface area contributed by atoms with Crippen LogP contribution in [0.25, 0.3) is 0 Å². The maximum absolute atomic E-state index is 11.9. The van der Waals surface area contributed by atoms with Crippen molar-refractivity contribution in [2.75, 3.05) is 26.3 Å². The molecule has 1 aliphatic rings. The first-order chi connectivity index (χ1) is 13.1. The summed E-state index contributed by atoms with van der Waals surface area (Å²) in [6, 6.07) is 13.4. The van der Waals surface area contributed by atoms with Gasteiger partial charge in [0.15, 0.2) is 17.6 Å². The second kappa shape index (κ2) is 9.16. The van der Waals surface area contributed by atoms with Crippen LogP contribution in [0, 0.1) is 13.8 Å². The summed E-state index contributed by atoms with van der Waals surface area (Å²) < 4.78 is 17.3. The van der Waals surface area contributed by atoms with Crippen molar-refractivity contribution in [1.82, 2.24) is 10.6 Å². The average molecular weight is 370 g/mol. The number of para-hydroxylation sites is 3. The highest BCUT2D eigenvalue weighted by Gasteiger charge is 2.20. The topological polar surface area (TPSA) is 68.8 Å². The van der Waals surface area contributed by atoms with Crippen LogP contribution in [0.1, 0.15) is 17.5 Å². The predicted molar refractivity (Wildman–Crippen MR) is 104 cm³/mol. The van der Waals surface area contributed by atoms with Gasteiger partial charge in [0.05, 0.1) is 13.2 Å². The summed E-state index contributed by atoms with van der Waals surface area (Å²) in [4.78, 5) is 11.9. The lowest BCUT2D eigenvalue weighted by Gasteiger charge is -2.26. The molecule has 2 amide bonds. The van der Waals surface area contributed by atoms with E-state index in [1.807, 2.05) is 56.3 Å². The Balaban J connectivity index is 1.30. The van der Waals surface area contributed by atoms with E-state index in [-0.39, 0.29) is 12.1 Å². The minimum atomic E-state index is -0.218. The largest absolute Gasteiger partial charge is 0.493 e. The SMILES string of the molecule is Cc1cccc(C)c1OCCCNC(=O)NCC1COc2ccccc2O1. The molecular weight excluding hydrogens is 344 g/mol. The molecule has 1 aliphatic heterocycles. The molecule has 6 nitrogen and oxygen atoms in total. The van der Waals surface area contributed by atoms with Crippen LogP contribution in [0.3, 0.4) is 0 Å². The molecule has 0 spiro atoms. The summed E-state index contributed by atoms with van der Waals surface area (Å²) in [6.45, 7) is 5.97. The van der Waals surface area contributed by atoms with Gasteiger partial charge in [0.1, 0.15) is 12.4 Å². The number of fused-ring (bicyclic) bond motifs is 1. The molecule has 3 rings (SSSR count). The minimum absolute atomic E-state index is 0.196. The van der Waals surface area contributed by atoms with E-state index >= 15 is 0 Å². The van der Waals surface area contributed by atoms with Gasteiger partial charge in [0, 0.05) is 6.54 Å². The third kappa shape index (κ3) is 5.29. The first-order valence-corrected chi connectivity index (χ1v) is 9.22. The second-order valence-electron chi connectivity index (χ2n) is 6.56. The highest BCUT2D eigenvalue weighted by molar-refractivity contribution is 5.73. The zero-order valence-corrected chi connectivity index (χ0v) is 15.8. The third-order valence-corrected chi connectivity index (χ3v) is 4.32. The molecule has 0 bridgehead atoms. The lowest BCUT2D eigenvalue weighted by Crippen LogP contribution is -2.44. The molecule has 0 saturated heterocycles. The van der Waals surface area contributed by atoms with E-state index in [2.05, 4.69) is 10.6 Å². The van der Waals surface area contributed by atoms with E-state index in [0.717, 1.165) is 29.0 Å². The Morgan fingerprint density at radius 3 is 2.59 bits per heavy atom. The van der Waals surface area contributed by atoms with Crippen molar-refractivity contribution in [1.29, 1.82) is 0 Å². The summed E-state index contributed by atoms with van der Waals surface area (Å²) in [6.07, 6.45) is 0.537. The Kier molecular flexibility index (Phi) is 6.41. The molecule has 0 aromatic heterocycles. The van der Waals surface area contributed by atoms with E-state index in [1.165, 1.54) is 0 Å². The number of carbonyl (C=O) groups is 1. The van der Waals surface area contributed by atoms with Crippen LogP contribution < -0.4 is 24.8 Å². The van der Waals surface area contributed by atoms with Crippen molar-refractivity contribution >= 4 is 6.03 Å². The average Bonchev–Trinajstić information content (AvgIpc) is 2.68. The van der Waals surface area contributed by atoms with Gasteiger partial charge in [-0.15, -0.1) is 0 Å². The van der Waals surface area contributed by atoms with Crippen molar-refractivity contribution in [3.05, 3.63) is 53.6 Å². The molecule has 1 atom stereocenters. The molecule has 0 saturated carbocycles. The van der Waals surface area contributed by atoms with E-state index < -0.39 is 0 Å². The molecule has 2 N–H and O–H groups in total. The van der Waals surface area contributed by atoms with Gasteiger partial charge in [0.2, 0.25) is 0 Å². The number of ether oxygens (including phenoxy) is 3. The van der Waals surface area contributed by atoms with Gasteiger partial charge in [-0.3, -0.25) is 0 Å². The molecule has 144 valence electrons. The van der Waals surface area contributed by atoms with Crippen molar-refractivity contribution in [3.63, 3.8) is 0 Å². The summed E-state index contributed by atoms with van der Waals surface area (Å²) in [5.74, 6) is 2.37. The number of urea groups is 1. The van der Waals surface area contributed by atoms with Crippen LogP contribution in [0.2, 0.25) is 0 Å². The smallest absolute Gasteiger partial charge is 0.314 e. The lowest BCUT2D eigenvalue weighted by molar-refractivity contribution is 0.0918. The van der Waals surface area contributed by atoms with Gasteiger partial charge in [-0.25, -0.2) is 4.79 Å². The van der Waals surface area contributed by atoms with Gasteiger partial charge in [-0.2, -0.15) is 0 Å². The molecule has 0 fully saturated rings. The fourth-order valence-corrected chi connectivity index (χ4v) is 2.91. The molecular formula is C21H26N2O4. The van der Waals surface area contributed by atoms with Crippen LogP contribution in [0.15, 0.2) is 42.5 Å². The van der Waals surface area contributed by atoms with Gasteiger partial charge in [0.25, 0.3) is 0 Å². The van der Waals surface area contributed by atoms with Gasteiger partial charge < -0.3 is 24.8 Å². The lowest BCUT2D eigenvalue weighted by atomic mass is 10.1. The molecule has 0 radical (unpaired) electrons. The molecule has 6 heteroatoms. The molecule has 1 heterocycles.